The van der Waals surface area contributed by atoms with Crippen molar-refractivity contribution in [3.63, 3.8) is 0 Å². The molecule has 0 bridgehead atoms. The summed E-state index contributed by atoms with van der Waals surface area (Å²) in [6.07, 6.45) is 0.834. The van der Waals surface area contributed by atoms with E-state index in [4.69, 9.17) is 5.73 Å². The van der Waals surface area contributed by atoms with E-state index < -0.39 is 6.04 Å². The first-order valence-corrected chi connectivity index (χ1v) is 8.92. The van der Waals surface area contributed by atoms with Crippen LogP contribution in [0, 0.1) is 6.92 Å². The number of hydrogen-bond acceptors (Lipinski definition) is 6. The van der Waals surface area contributed by atoms with E-state index in [2.05, 4.69) is 20.5 Å². The molecule has 1 amide bonds. The summed E-state index contributed by atoms with van der Waals surface area (Å²) in [4.78, 5) is 18.2. The molecule has 0 aliphatic heterocycles. The Kier molecular flexibility index (Phi) is 5.20. The van der Waals surface area contributed by atoms with Crippen molar-refractivity contribution in [2.24, 2.45) is 5.73 Å². The highest BCUT2D eigenvalue weighted by Crippen LogP contribution is 2.16. The van der Waals surface area contributed by atoms with Crippen LogP contribution in [0.4, 0.5) is 0 Å². The van der Waals surface area contributed by atoms with Crippen molar-refractivity contribution in [1.82, 2.24) is 25.3 Å². The standard InChI is InChI=1S/C17H20N6OS/c1-3-15-20-14(10-25-15)16(18)17(24)19-9-13-11(2)21-23(22-13)12-7-5-4-6-8-12/h4-8,10,16H,3,9,18H2,1-2H3,(H,19,24). The zero-order valence-corrected chi connectivity index (χ0v) is 15.0. The first-order chi connectivity index (χ1) is 12.1. The molecule has 0 spiro atoms. The van der Waals surface area contributed by atoms with E-state index in [-0.39, 0.29) is 12.5 Å². The normalized spacial score (nSPS) is 12.1. The molecule has 0 saturated carbocycles. The average Bonchev–Trinajstić information content (AvgIpc) is 3.26. The SMILES string of the molecule is CCc1nc(C(N)C(=O)NCc2nn(-c3ccccc3)nc2C)cs1. The minimum absolute atomic E-state index is 0.274. The quantitative estimate of drug-likeness (QED) is 0.703. The predicted octanol–water partition coefficient (Wildman–Crippen LogP) is 1.91. The molecule has 1 atom stereocenters. The summed E-state index contributed by atoms with van der Waals surface area (Å²) in [5.74, 6) is -0.276. The van der Waals surface area contributed by atoms with E-state index in [0.717, 1.165) is 22.8 Å². The first-order valence-electron chi connectivity index (χ1n) is 8.04. The minimum atomic E-state index is -0.777. The van der Waals surface area contributed by atoms with Gasteiger partial charge in [0, 0.05) is 5.38 Å². The summed E-state index contributed by atoms with van der Waals surface area (Å²) in [7, 11) is 0. The molecule has 0 radical (unpaired) electrons. The molecular formula is C17H20N6OS. The number of para-hydroxylation sites is 1. The fraction of sp³-hybridized carbons (Fsp3) is 0.294. The number of nitrogens with two attached hydrogens (primary N) is 1. The zero-order chi connectivity index (χ0) is 17.8. The smallest absolute Gasteiger partial charge is 0.243 e. The average molecular weight is 356 g/mol. The second-order valence-corrected chi connectivity index (χ2v) is 6.51. The number of benzene rings is 1. The van der Waals surface area contributed by atoms with Crippen LogP contribution in [0.25, 0.3) is 5.69 Å². The predicted molar refractivity (Wildman–Crippen MR) is 96.4 cm³/mol. The lowest BCUT2D eigenvalue weighted by Gasteiger charge is -2.09. The van der Waals surface area contributed by atoms with Gasteiger partial charge in [-0.15, -0.1) is 11.3 Å². The molecule has 25 heavy (non-hydrogen) atoms. The second kappa shape index (κ2) is 7.54. The van der Waals surface area contributed by atoms with Gasteiger partial charge in [-0.05, 0) is 25.5 Å². The fourth-order valence-corrected chi connectivity index (χ4v) is 3.08. The molecule has 130 valence electrons. The molecular weight excluding hydrogens is 336 g/mol. The fourth-order valence-electron chi connectivity index (χ4n) is 2.29. The number of nitrogens with one attached hydrogen (secondary N) is 1. The van der Waals surface area contributed by atoms with E-state index in [9.17, 15) is 4.79 Å². The van der Waals surface area contributed by atoms with E-state index in [1.54, 1.807) is 4.80 Å². The Labute approximate surface area is 149 Å². The Balaban J connectivity index is 1.65. The summed E-state index contributed by atoms with van der Waals surface area (Å²) >= 11 is 1.52. The van der Waals surface area contributed by atoms with Crippen LogP contribution in [0.2, 0.25) is 0 Å². The minimum Gasteiger partial charge on any atom is -0.349 e. The molecule has 2 aromatic heterocycles. The number of amides is 1. The number of thiazole rings is 1. The lowest BCUT2D eigenvalue weighted by molar-refractivity contribution is -0.122. The van der Waals surface area contributed by atoms with E-state index >= 15 is 0 Å². The van der Waals surface area contributed by atoms with Gasteiger partial charge in [0.15, 0.2) is 0 Å². The van der Waals surface area contributed by atoms with Crippen molar-refractivity contribution >= 4 is 17.2 Å². The van der Waals surface area contributed by atoms with Gasteiger partial charge in [-0.1, -0.05) is 25.1 Å². The first kappa shape index (κ1) is 17.2. The Hall–Kier alpha value is -2.58. The van der Waals surface area contributed by atoms with Gasteiger partial charge in [0.05, 0.1) is 28.6 Å². The van der Waals surface area contributed by atoms with Crippen molar-refractivity contribution in [3.8, 4) is 5.69 Å². The van der Waals surface area contributed by atoms with E-state index in [1.807, 2.05) is 49.6 Å². The lowest BCUT2D eigenvalue weighted by Crippen LogP contribution is -2.34. The molecule has 2 heterocycles. The number of aromatic nitrogens is 4. The summed E-state index contributed by atoms with van der Waals surface area (Å²) in [5, 5.41) is 14.4. The molecule has 8 heteroatoms. The van der Waals surface area contributed by atoms with Crippen LogP contribution < -0.4 is 11.1 Å². The summed E-state index contributed by atoms with van der Waals surface area (Å²) < 4.78 is 0. The molecule has 0 saturated heterocycles. The third-order valence-electron chi connectivity index (χ3n) is 3.77. The number of rotatable bonds is 6. The lowest BCUT2D eigenvalue weighted by atomic mass is 10.2. The topological polar surface area (TPSA) is 98.7 Å². The molecule has 0 aliphatic carbocycles. The van der Waals surface area contributed by atoms with Crippen molar-refractivity contribution < 1.29 is 4.79 Å². The van der Waals surface area contributed by atoms with Gasteiger partial charge in [0.1, 0.15) is 11.7 Å². The number of carbonyl (C=O) groups excluding carboxylic acids is 1. The number of nitrogens with zero attached hydrogens (tertiary/aromatic N) is 4. The maximum Gasteiger partial charge on any atom is 0.243 e. The molecule has 3 N–H and O–H groups in total. The van der Waals surface area contributed by atoms with Crippen molar-refractivity contribution in [1.29, 1.82) is 0 Å². The molecule has 3 aromatic rings. The number of hydrogen-bond donors (Lipinski definition) is 2. The van der Waals surface area contributed by atoms with Crippen molar-refractivity contribution in [2.45, 2.75) is 32.9 Å². The molecule has 1 aromatic carbocycles. The van der Waals surface area contributed by atoms with Gasteiger partial charge in [-0.2, -0.15) is 15.0 Å². The van der Waals surface area contributed by atoms with Crippen molar-refractivity contribution in [2.75, 3.05) is 0 Å². The highest BCUT2D eigenvalue weighted by Gasteiger charge is 2.19. The molecule has 7 nitrogen and oxygen atoms in total. The summed E-state index contributed by atoms with van der Waals surface area (Å²) in [6.45, 7) is 4.16. The highest BCUT2D eigenvalue weighted by molar-refractivity contribution is 7.09. The van der Waals surface area contributed by atoms with Crippen LogP contribution in [0.15, 0.2) is 35.7 Å². The monoisotopic (exact) mass is 356 g/mol. The maximum atomic E-state index is 12.3. The summed E-state index contributed by atoms with van der Waals surface area (Å²) in [6, 6.07) is 8.85. The molecule has 1 unspecified atom stereocenters. The van der Waals surface area contributed by atoms with Gasteiger partial charge >= 0.3 is 0 Å². The largest absolute Gasteiger partial charge is 0.349 e. The Morgan fingerprint density at radius 1 is 1.32 bits per heavy atom. The van der Waals surface area contributed by atoms with Gasteiger partial charge in [0.2, 0.25) is 5.91 Å². The van der Waals surface area contributed by atoms with Crippen molar-refractivity contribution in [3.05, 3.63) is 57.8 Å². The molecule has 3 rings (SSSR count). The zero-order valence-electron chi connectivity index (χ0n) is 14.1. The van der Waals surface area contributed by atoms with Gasteiger partial charge in [-0.25, -0.2) is 4.98 Å². The number of carbonyl (C=O) groups is 1. The van der Waals surface area contributed by atoms with E-state index in [0.29, 0.717) is 11.4 Å². The van der Waals surface area contributed by atoms with Crippen LogP contribution in [0.1, 0.15) is 35.1 Å². The van der Waals surface area contributed by atoms with Gasteiger partial charge < -0.3 is 11.1 Å². The van der Waals surface area contributed by atoms with Crippen LogP contribution in [0.3, 0.4) is 0 Å². The second-order valence-electron chi connectivity index (χ2n) is 5.57. The Morgan fingerprint density at radius 2 is 2.08 bits per heavy atom. The van der Waals surface area contributed by atoms with Crippen LogP contribution in [0.5, 0.6) is 0 Å². The number of aryl methyl sites for hydroxylation is 2. The van der Waals surface area contributed by atoms with Crippen LogP contribution in [-0.2, 0) is 17.8 Å². The Morgan fingerprint density at radius 3 is 2.76 bits per heavy atom. The third kappa shape index (κ3) is 3.92. The summed E-state index contributed by atoms with van der Waals surface area (Å²) in [5.41, 5.74) is 8.94. The van der Waals surface area contributed by atoms with Crippen LogP contribution in [-0.4, -0.2) is 25.9 Å². The molecule has 0 aliphatic rings. The van der Waals surface area contributed by atoms with Crippen LogP contribution >= 0.6 is 11.3 Å². The Bertz CT molecular complexity index is 857. The third-order valence-corrected chi connectivity index (χ3v) is 4.78. The highest BCUT2D eigenvalue weighted by atomic mass is 32.1. The van der Waals surface area contributed by atoms with E-state index in [1.165, 1.54) is 11.3 Å². The maximum absolute atomic E-state index is 12.3. The van der Waals surface area contributed by atoms with Gasteiger partial charge in [-0.3, -0.25) is 4.79 Å². The van der Waals surface area contributed by atoms with Gasteiger partial charge in [0.25, 0.3) is 0 Å². The molecule has 0 fully saturated rings.